The highest BCUT2D eigenvalue weighted by Crippen LogP contribution is 2.34. The van der Waals surface area contributed by atoms with Crippen molar-refractivity contribution in [2.75, 3.05) is 19.6 Å². The summed E-state index contributed by atoms with van der Waals surface area (Å²) in [6.07, 6.45) is 8.03. The largest absolute Gasteiger partial charge is 0.350 e. The number of nitrogens with one attached hydrogen (secondary N) is 2. The molecular formula is C14H23N5O. The third-order valence-electron chi connectivity index (χ3n) is 4.61. The van der Waals surface area contributed by atoms with Crippen molar-refractivity contribution in [1.29, 1.82) is 0 Å². The summed E-state index contributed by atoms with van der Waals surface area (Å²) in [5.74, 6) is -0.102. The van der Waals surface area contributed by atoms with Crippen LogP contribution in [0.25, 0.3) is 0 Å². The first-order chi connectivity index (χ1) is 9.66. The number of nitrogens with zero attached hydrogens (tertiary/aromatic N) is 3. The minimum absolute atomic E-state index is 0.102. The highest BCUT2D eigenvalue weighted by atomic mass is 16.2. The Hall–Kier alpha value is -1.43. The summed E-state index contributed by atoms with van der Waals surface area (Å²) in [5, 5.41) is 14.2. The molecule has 1 amide bonds. The number of hydrogen-bond acceptors (Lipinski definition) is 4. The molecule has 0 bridgehead atoms. The van der Waals surface area contributed by atoms with Gasteiger partial charge in [0.1, 0.15) is 0 Å². The van der Waals surface area contributed by atoms with Crippen molar-refractivity contribution in [2.24, 2.45) is 5.41 Å². The monoisotopic (exact) mass is 277 g/mol. The third-order valence-corrected chi connectivity index (χ3v) is 4.61. The molecule has 110 valence electrons. The molecule has 6 heteroatoms. The first-order valence-electron chi connectivity index (χ1n) is 7.57. The van der Waals surface area contributed by atoms with Gasteiger partial charge in [0.05, 0.1) is 12.2 Å². The Kier molecular flexibility index (Phi) is 3.74. The molecule has 0 radical (unpaired) electrons. The fraction of sp³-hybridized carbons (Fsp3) is 0.786. The molecule has 2 aliphatic rings. The SMILES string of the molecule is CC1(CNC(=O)c2cn(C3CNC3)nn2)CCCCC1. The molecule has 2 heterocycles. The molecular weight excluding hydrogens is 254 g/mol. The van der Waals surface area contributed by atoms with E-state index in [1.54, 1.807) is 10.9 Å². The lowest BCUT2D eigenvalue weighted by Gasteiger charge is -2.33. The fourth-order valence-electron chi connectivity index (χ4n) is 2.99. The number of carbonyl (C=O) groups excluding carboxylic acids is 1. The molecule has 2 N–H and O–H groups in total. The van der Waals surface area contributed by atoms with Gasteiger partial charge in [-0.25, -0.2) is 4.68 Å². The van der Waals surface area contributed by atoms with Crippen LogP contribution in [0.5, 0.6) is 0 Å². The number of amides is 1. The van der Waals surface area contributed by atoms with Gasteiger partial charge in [-0.15, -0.1) is 5.10 Å². The van der Waals surface area contributed by atoms with Gasteiger partial charge in [-0.1, -0.05) is 31.4 Å². The van der Waals surface area contributed by atoms with Crippen LogP contribution < -0.4 is 10.6 Å². The number of aromatic nitrogens is 3. The van der Waals surface area contributed by atoms with E-state index in [2.05, 4.69) is 27.9 Å². The fourth-order valence-corrected chi connectivity index (χ4v) is 2.99. The van der Waals surface area contributed by atoms with Gasteiger partial charge in [-0.2, -0.15) is 0 Å². The highest BCUT2D eigenvalue weighted by molar-refractivity contribution is 5.91. The standard InChI is InChI=1S/C14H23N5O/c1-14(5-3-2-4-6-14)10-16-13(20)12-9-19(18-17-12)11-7-15-8-11/h9,11,15H,2-8,10H2,1H3,(H,16,20). The van der Waals surface area contributed by atoms with E-state index in [1.165, 1.54) is 32.1 Å². The predicted octanol–water partition coefficient (Wildman–Crippen LogP) is 1.12. The maximum atomic E-state index is 12.1. The number of carbonyl (C=O) groups is 1. The predicted molar refractivity (Wildman–Crippen MR) is 75.5 cm³/mol. The van der Waals surface area contributed by atoms with E-state index in [0.29, 0.717) is 11.7 Å². The Morgan fingerprint density at radius 1 is 1.45 bits per heavy atom. The Morgan fingerprint density at radius 3 is 2.85 bits per heavy atom. The van der Waals surface area contributed by atoms with Crippen LogP contribution in [-0.2, 0) is 0 Å². The van der Waals surface area contributed by atoms with E-state index >= 15 is 0 Å². The van der Waals surface area contributed by atoms with Gasteiger partial charge in [0.15, 0.2) is 5.69 Å². The topological polar surface area (TPSA) is 71.8 Å². The van der Waals surface area contributed by atoms with Crippen LogP contribution in [0.4, 0.5) is 0 Å². The summed E-state index contributed by atoms with van der Waals surface area (Å²) in [6, 6.07) is 0.347. The number of hydrogen-bond donors (Lipinski definition) is 2. The Bertz CT molecular complexity index is 474. The van der Waals surface area contributed by atoms with Crippen molar-refractivity contribution in [3.05, 3.63) is 11.9 Å². The molecule has 1 aliphatic heterocycles. The quantitative estimate of drug-likeness (QED) is 0.865. The van der Waals surface area contributed by atoms with Crippen molar-refractivity contribution in [2.45, 2.75) is 45.1 Å². The summed E-state index contributed by atoms with van der Waals surface area (Å²) < 4.78 is 1.79. The Labute approximate surface area is 119 Å². The highest BCUT2D eigenvalue weighted by Gasteiger charge is 2.28. The van der Waals surface area contributed by atoms with Crippen molar-refractivity contribution >= 4 is 5.91 Å². The van der Waals surface area contributed by atoms with E-state index in [1.807, 2.05) is 0 Å². The van der Waals surface area contributed by atoms with Crippen LogP contribution in [0.3, 0.4) is 0 Å². The zero-order valence-corrected chi connectivity index (χ0v) is 12.1. The smallest absolute Gasteiger partial charge is 0.273 e. The summed E-state index contributed by atoms with van der Waals surface area (Å²) in [5.41, 5.74) is 0.679. The van der Waals surface area contributed by atoms with Crippen LogP contribution in [0.1, 0.15) is 55.6 Å². The maximum absolute atomic E-state index is 12.1. The second-order valence-corrected chi connectivity index (χ2v) is 6.45. The van der Waals surface area contributed by atoms with Crippen LogP contribution in [-0.4, -0.2) is 40.5 Å². The lowest BCUT2D eigenvalue weighted by atomic mass is 9.76. The normalized spacial score (nSPS) is 22.2. The number of rotatable bonds is 4. The molecule has 6 nitrogen and oxygen atoms in total. The molecule has 0 aromatic carbocycles. The van der Waals surface area contributed by atoms with Gasteiger partial charge in [-0.3, -0.25) is 4.79 Å². The molecule has 3 rings (SSSR count). The second kappa shape index (κ2) is 5.52. The average Bonchev–Trinajstić information content (AvgIpc) is 2.84. The summed E-state index contributed by atoms with van der Waals surface area (Å²) in [7, 11) is 0. The zero-order chi connectivity index (χ0) is 14.0. The molecule has 1 aliphatic carbocycles. The lowest BCUT2D eigenvalue weighted by Crippen LogP contribution is -2.43. The van der Waals surface area contributed by atoms with Gasteiger partial charge in [0.25, 0.3) is 5.91 Å². The van der Waals surface area contributed by atoms with Crippen LogP contribution in [0.2, 0.25) is 0 Å². The van der Waals surface area contributed by atoms with E-state index in [-0.39, 0.29) is 11.3 Å². The van der Waals surface area contributed by atoms with Gasteiger partial charge >= 0.3 is 0 Å². The van der Waals surface area contributed by atoms with Crippen LogP contribution >= 0.6 is 0 Å². The molecule has 20 heavy (non-hydrogen) atoms. The second-order valence-electron chi connectivity index (χ2n) is 6.45. The first-order valence-corrected chi connectivity index (χ1v) is 7.57. The van der Waals surface area contributed by atoms with Crippen molar-refractivity contribution in [3.8, 4) is 0 Å². The van der Waals surface area contributed by atoms with E-state index in [0.717, 1.165) is 19.6 Å². The molecule has 0 spiro atoms. The van der Waals surface area contributed by atoms with Crippen LogP contribution in [0.15, 0.2) is 6.20 Å². The van der Waals surface area contributed by atoms with E-state index in [4.69, 9.17) is 0 Å². The summed E-state index contributed by atoms with van der Waals surface area (Å²) >= 11 is 0. The molecule has 0 atom stereocenters. The average molecular weight is 277 g/mol. The Balaban J connectivity index is 1.54. The molecule has 0 unspecified atom stereocenters. The van der Waals surface area contributed by atoms with Gasteiger partial charge < -0.3 is 10.6 Å². The van der Waals surface area contributed by atoms with Crippen molar-refractivity contribution < 1.29 is 4.79 Å². The van der Waals surface area contributed by atoms with E-state index in [9.17, 15) is 4.79 Å². The Morgan fingerprint density at radius 2 is 2.20 bits per heavy atom. The van der Waals surface area contributed by atoms with E-state index < -0.39 is 0 Å². The molecule has 1 aromatic rings. The van der Waals surface area contributed by atoms with Crippen LogP contribution in [0, 0.1) is 5.41 Å². The van der Waals surface area contributed by atoms with Gasteiger partial charge in [0.2, 0.25) is 0 Å². The third kappa shape index (κ3) is 2.85. The summed E-state index contributed by atoms with van der Waals surface area (Å²) in [6.45, 7) is 4.82. The lowest BCUT2D eigenvalue weighted by molar-refractivity contribution is 0.0914. The molecule has 1 saturated heterocycles. The summed E-state index contributed by atoms with van der Waals surface area (Å²) in [4.78, 5) is 12.1. The molecule has 1 saturated carbocycles. The molecule has 1 aromatic heterocycles. The zero-order valence-electron chi connectivity index (χ0n) is 12.1. The first kappa shape index (κ1) is 13.5. The minimum atomic E-state index is -0.102. The minimum Gasteiger partial charge on any atom is -0.350 e. The van der Waals surface area contributed by atoms with Gasteiger partial charge in [0, 0.05) is 19.6 Å². The maximum Gasteiger partial charge on any atom is 0.273 e. The molecule has 2 fully saturated rings. The van der Waals surface area contributed by atoms with Gasteiger partial charge in [-0.05, 0) is 18.3 Å². The van der Waals surface area contributed by atoms with Crippen molar-refractivity contribution in [1.82, 2.24) is 25.6 Å². The van der Waals surface area contributed by atoms with Crippen molar-refractivity contribution in [3.63, 3.8) is 0 Å².